The lowest BCUT2D eigenvalue weighted by atomic mass is 10.0. The van der Waals surface area contributed by atoms with Gasteiger partial charge in [0.1, 0.15) is 5.69 Å². The van der Waals surface area contributed by atoms with Gasteiger partial charge in [-0.05, 0) is 56.2 Å². The van der Waals surface area contributed by atoms with E-state index in [-0.39, 0.29) is 17.0 Å². The van der Waals surface area contributed by atoms with Gasteiger partial charge in [-0.25, -0.2) is 13.1 Å². The number of rotatable bonds is 6. The van der Waals surface area contributed by atoms with E-state index in [0.29, 0.717) is 23.1 Å². The van der Waals surface area contributed by atoms with Crippen LogP contribution in [-0.2, 0) is 16.6 Å². The quantitative estimate of drug-likeness (QED) is 0.455. The summed E-state index contributed by atoms with van der Waals surface area (Å²) in [5.41, 5.74) is 4.20. The molecule has 0 aliphatic carbocycles. The second-order valence-electron chi connectivity index (χ2n) is 8.00. The van der Waals surface area contributed by atoms with E-state index in [0.717, 1.165) is 22.2 Å². The van der Waals surface area contributed by atoms with Crippen molar-refractivity contribution in [2.75, 3.05) is 5.75 Å². The van der Waals surface area contributed by atoms with Crippen LogP contribution in [0, 0.1) is 13.8 Å². The number of sulfonamides is 1. The number of carbonyl (C=O) groups is 1. The number of nitrogens with one attached hydrogen (secondary N) is 2. The van der Waals surface area contributed by atoms with Gasteiger partial charge in [-0.2, -0.15) is 0 Å². The summed E-state index contributed by atoms with van der Waals surface area (Å²) < 4.78 is 28.5. The Morgan fingerprint density at radius 2 is 1.82 bits per heavy atom. The fourth-order valence-electron chi connectivity index (χ4n) is 3.98. The number of carbonyl (C=O) groups excluding carboxylic acids is 1. The predicted octanol–water partition coefficient (Wildman–Crippen LogP) is 3.74. The Hall–Kier alpha value is -3.65. The van der Waals surface area contributed by atoms with E-state index in [1.54, 1.807) is 16.7 Å². The third-order valence-corrected chi connectivity index (χ3v) is 7.00. The molecule has 0 radical (unpaired) electrons. The summed E-state index contributed by atoms with van der Waals surface area (Å²) in [7, 11) is -3.82. The second kappa shape index (κ2) is 8.71. The van der Waals surface area contributed by atoms with Crippen LogP contribution in [0.5, 0.6) is 0 Å². The Kier molecular flexibility index (Phi) is 5.95. The van der Waals surface area contributed by atoms with Gasteiger partial charge in [0.25, 0.3) is 11.5 Å². The number of aromatic amines is 1. The highest BCUT2D eigenvalue weighted by Crippen LogP contribution is 2.35. The number of fused-ring (bicyclic) bond motifs is 1. The van der Waals surface area contributed by atoms with Gasteiger partial charge in [0, 0.05) is 34.8 Å². The van der Waals surface area contributed by atoms with E-state index in [9.17, 15) is 18.0 Å². The lowest BCUT2D eigenvalue weighted by Gasteiger charge is -2.14. The third-order valence-electron chi connectivity index (χ3n) is 5.74. The molecule has 0 aliphatic rings. The number of amides is 1. The van der Waals surface area contributed by atoms with Gasteiger partial charge in [0.15, 0.2) is 0 Å². The Morgan fingerprint density at radius 3 is 2.52 bits per heavy atom. The highest BCUT2D eigenvalue weighted by atomic mass is 32.2. The molecule has 7 nitrogen and oxygen atoms in total. The van der Waals surface area contributed by atoms with E-state index in [1.165, 1.54) is 13.1 Å². The molecule has 0 atom stereocenters. The molecule has 0 saturated carbocycles. The number of hydrogen-bond donors (Lipinski definition) is 2. The molecular formula is C25H25N3O4S. The maximum Gasteiger partial charge on any atom is 0.282 e. The standard InChI is InChI=1S/C25H25N3O4S/c1-4-33(31,32)27-25(30)23-22(19-10-7-13-26-24(19)29)20-14-16(2)11-12-21(20)28(23)15-18-9-6-5-8-17(18)3/h5-14H,4,15H2,1-3H3,(H,26,29)(H,27,30). The highest BCUT2D eigenvalue weighted by molar-refractivity contribution is 7.90. The van der Waals surface area contributed by atoms with E-state index in [4.69, 9.17) is 0 Å². The fourth-order valence-corrected chi connectivity index (χ4v) is 4.50. The van der Waals surface area contributed by atoms with Crippen LogP contribution >= 0.6 is 0 Å². The zero-order valence-corrected chi connectivity index (χ0v) is 19.5. The molecule has 0 bridgehead atoms. The van der Waals surface area contributed by atoms with Crippen LogP contribution < -0.4 is 10.3 Å². The highest BCUT2D eigenvalue weighted by Gasteiger charge is 2.27. The van der Waals surface area contributed by atoms with Crippen molar-refractivity contribution in [1.82, 2.24) is 14.3 Å². The second-order valence-corrected chi connectivity index (χ2v) is 10.0. The van der Waals surface area contributed by atoms with Gasteiger partial charge in [0.05, 0.1) is 5.75 Å². The van der Waals surface area contributed by atoms with Gasteiger partial charge < -0.3 is 9.55 Å². The Labute approximate surface area is 192 Å². The van der Waals surface area contributed by atoms with E-state index < -0.39 is 15.9 Å². The molecule has 0 aliphatic heterocycles. The van der Waals surface area contributed by atoms with Crippen LogP contribution in [0.3, 0.4) is 0 Å². The molecule has 0 fully saturated rings. The van der Waals surface area contributed by atoms with Crippen LogP contribution in [0.4, 0.5) is 0 Å². The predicted molar refractivity (Wildman–Crippen MR) is 130 cm³/mol. The molecular weight excluding hydrogens is 438 g/mol. The van der Waals surface area contributed by atoms with Crippen molar-refractivity contribution >= 4 is 26.8 Å². The number of aromatic nitrogens is 2. The molecule has 1 amide bonds. The lowest BCUT2D eigenvalue weighted by molar-refractivity contribution is 0.0974. The van der Waals surface area contributed by atoms with E-state index >= 15 is 0 Å². The summed E-state index contributed by atoms with van der Waals surface area (Å²) in [6.45, 7) is 5.71. The summed E-state index contributed by atoms with van der Waals surface area (Å²) >= 11 is 0. The minimum absolute atomic E-state index is 0.132. The zero-order valence-electron chi connectivity index (χ0n) is 18.7. The maximum atomic E-state index is 13.5. The van der Waals surface area contributed by atoms with Crippen molar-refractivity contribution in [2.45, 2.75) is 27.3 Å². The molecule has 4 aromatic rings. The van der Waals surface area contributed by atoms with Crippen LogP contribution in [0.25, 0.3) is 22.0 Å². The zero-order chi connectivity index (χ0) is 23.8. The Morgan fingerprint density at radius 1 is 1.06 bits per heavy atom. The molecule has 2 aromatic heterocycles. The van der Waals surface area contributed by atoms with Crippen LogP contribution in [0.2, 0.25) is 0 Å². The van der Waals surface area contributed by atoms with Gasteiger partial charge in [-0.15, -0.1) is 0 Å². The average molecular weight is 464 g/mol. The Balaban J connectivity index is 2.09. The molecule has 33 heavy (non-hydrogen) atoms. The van der Waals surface area contributed by atoms with Crippen molar-refractivity contribution in [2.24, 2.45) is 0 Å². The van der Waals surface area contributed by atoms with Crippen molar-refractivity contribution < 1.29 is 13.2 Å². The number of benzene rings is 2. The topological polar surface area (TPSA) is 101 Å². The number of hydrogen-bond acceptors (Lipinski definition) is 4. The van der Waals surface area contributed by atoms with Crippen LogP contribution in [0.15, 0.2) is 65.6 Å². The van der Waals surface area contributed by atoms with Crippen molar-refractivity contribution in [3.05, 3.63) is 93.5 Å². The van der Waals surface area contributed by atoms with Crippen molar-refractivity contribution in [1.29, 1.82) is 0 Å². The summed E-state index contributed by atoms with van der Waals surface area (Å²) in [4.78, 5) is 28.9. The summed E-state index contributed by atoms with van der Waals surface area (Å²) in [6.07, 6.45) is 1.52. The van der Waals surface area contributed by atoms with E-state index in [2.05, 4.69) is 9.71 Å². The molecule has 8 heteroatoms. The molecule has 0 saturated heterocycles. The number of pyridine rings is 1. The summed E-state index contributed by atoms with van der Waals surface area (Å²) in [6, 6.07) is 16.9. The third kappa shape index (κ3) is 4.34. The van der Waals surface area contributed by atoms with Crippen LogP contribution in [-0.4, -0.2) is 29.6 Å². The number of aryl methyl sites for hydroxylation is 2. The number of H-pyrrole nitrogens is 1. The molecule has 0 unspecified atom stereocenters. The maximum absolute atomic E-state index is 13.5. The molecule has 2 N–H and O–H groups in total. The summed E-state index contributed by atoms with van der Waals surface area (Å²) in [5.74, 6) is -1.01. The fraction of sp³-hybridized carbons (Fsp3) is 0.200. The van der Waals surface area contributed by atoms with Crippen LogP contribution in [0.1, 0.15) is 34.1 Å². The average Bonchev–Trinajstić information content (AvgIpc) is 3.08. The monoisotopic (exact) mass is 463 g/mol. The molecule has 4 rings (SSSR count). The van der Waals surface area contributed by atoms with E-state index in [1.807, 2.05) is 56.3 Å². The number of nitrogens with zero attached hydrogens (tertiary/aromatic N) is 1. The first-order valence-corrected chi connectivity index (χ1v) is 12.3. The molecule has 2 aromatic carbocycles. The van der Waals surface area contributed by atoms with Gasteiger partial charge in [0.2, 0.25) is 10.0 Å². The first kappa shape index (κ1) is 22.5. The first-order valence-electron chi connectivity index (χ1n) is 10.6. The largest absolute Gasteiger partial charge is 0.331 e. The Bertz CT molecular complexity index is 1530. The molecule has 2 heterocycles. The minimum atomic E-state index is -3.82. The lowest BCUT2D eigenvalue weighted by Crippen LogP contribution is -2.33. The first-order chi connectivity index (χ1) is 15.7. The van der Waals surface area contributed by atoms with Gasteiger partial charge in [-0.3, -0.25) is 9.59 Å². The minimum Gasteiger partial charge on any atom is -0.331 e. The van der Waals surface area contributed by atoms with Gasteiger partial charge in [-0.1, -0.05) is 35.9 Å². The van der Waals surface area contributed by atoms with Crippen molar-refractivity contribution in [3.63, 3.8) is 0 Å². The van der Waals surface area contributed by atoms with Crippen molar-refractivity contribution in [3.8, 4) is 11.1 Å². The smallest absolute Gasteiger partial charge is 0.282 e. The van der Waals surface area contributed by atoms with Gasteiger partial charge >= 0.3 is 0 Å². The molecule has 170 valence electrons. The normalized spacial score (nSPS) is 11.6. The summed E-state index contributed by atoms with van der Waals surface area (Å²) in [5, 5.41) is 0.708. The SMILES string of the molecule is CCS(=O)(=O)NC(=O)c1c(-c2ccc[nH]c2=O)c2cc(C)ccc2n1Cc1ccccc1C. The molecule has 0 spiro atoms.